The number of aryl methyl sites for hydroxylation is 1. The van der Waals surface area contributed by atoms with E-state index >= 15 is 0 Å². The fraction of sp³-hybridized carbons (Fsp3) is 0.185. The third-order valence-electron chi connectivity index (χ3n) is 6.16. The first kappa shape index (κ1) is 26.2. The number of aromatic nitrogens is 1. The first-order valence-corrected chi connectivity index (χ1v) is 14.8. The van der Waals surface area contributed by atoms with Gasteiger partial charge in [-0.05, 0) is 79.3 Å². The minimum absolute atomic E-state index is 0.305. The van der Waals surface area contributed by atoms with Gasteiger partial charge in [0.15, 0.2) is 5.11 Å². The number of hydrogen-bond acceptors (Lipinski definition) is 6. The van der Waals surface area contributed by atoms with Crippen LogP contribution in [0, 0.1) is 6.92 Å². The van der Waals surface area contributed by atoms with Crippen molar-refractivity contribution in [2.75, 3.05) is 23.0 Å². The number of anilines is 2. The van der Waals surface area contributed by atoms with Crippen LogP contribution >= 0.6 is 28.1 Å². The average molecular weight is 614 g/mol. The fourth-order valence-corrected chi connectivity index (χ4v) is 6.12. The SMILES string of the molecule is COc1ccc(N2C(=S)N[C@@H](c3ccccn3)[C@@H]2c2ccc(-c3ccc(C)cc3Br)o2)cc1NS(C)(=O)=O. The molecule has 2 aromatic heterocycles. The number of sulfonamides is 1. The number of ether oxygens (including phenoxy) is 1. The Morgan fingerprint density at radius 3 is 2.63 bits per heavy atom. The van der Waals surface area contributed by atoms with Gasteiger partial charge >= 0.3 is 0 Å². The maximum absolute atomic E-state index is 12.0. The molecule has 1 aliphatic rings. The molecule has 11 heteroatoms. The molecule has 8 nitrogen and oxygen atoms in total. The first-order valence-electron chi connectivity index (χ1n) is 11.7. The Morgan fingerprint density at radius 2 is 1.95 bits per heavy atom. The van der Waals surface area contributed by atoms with Gasteiger partial charge in [-0.3, -0.25) is 9.71 Å². The molecule has 1 saturated heterocycles. The summed E-state index contributed by atoms with van der Waals surface area (Å²) in [6, 6.07) is 20.2. The number of thiocarbonyl (C=S) groups is 1. The lowest BCUT2D eigenvalue weighted by Gasteiger charge is -2.27. The molecule has 2 N–H and O–H groups in total. The number of furan rings is 1. The Hall–Kier alpha value is -3.41. The monoisotopic (exact) mass is 612 g/mol. The van der Waals surface area contributed by atoms with Crippen molar-refractivity contribution in [3.8, 4) is 17.1 Å². The maximum Gasteiger partial charge on any atom is 0.229 e. The Balaban J connectivity index is 1.62. The van der Waals surface area contributed by atoms with Gasteiger partial charge in [0.2, 0.25) is 10.0 Å². The second-order valence-electron chi connectivity index (χ2n) is 8.94. The summed E-state index contributed by atoms with van der Waals surface area (Å²) in [5.41, 5.74) is 3.82. The molecule has 3 heterocycles. The quantitative estimate of drug-likeness (QED) is 0.246. The number of benzene rings is 2. The van der Waals surface area contributed by atoms with Crippen LogP contribution in [-0.2, 0) is 10.0 Å². The van der Waals surface area contributed by atoms with Gasteiger partial charge in [0.1, 0.15) is 23.3 Å². The lowest BCUT2D eigenvalue weighted by atomic mass is 10.0. The minimum atomic E-state index is -3.55. The topological polar surface area (TPSA) is 96.7 Å². The Kier molecular flexibility index (Phi) is 7.17. The molecule has 1 aliphatic heterocycles. The normalized spacial score (nSPS) is 17.4. The average Bonchev–Trinajstić information content (AvgIpc) is 3.48. The molecule has 5 rings (SSSR count). The molecule has 0 spiro atoms. The van der Waals surface area contributed by atoms with E-state index in [0.717, 1.165) is 27.5 Å². The van der Waals surface area contributed by atoms with Crippen LogP contribution in [-0.4, -0.2) is 31.9 Å². The molecule has 0 saturated carbocycles. The van der Waals surface area contributed by atoms with Crippen molar-refractivity contribution in [3.63, 3.8) is 0 Å². The molecule has 0 radical (unpaired) electrons. The summed E-state index contributed by atoms with van der Waals surface area (Å²) in [6.07, 6.45) is 2.83. The third-order valence-corrected chi connectivity index (χ3v) is 7.72. The molecular formula is C27H25BrN4O4S2. The predicted octanol–water partition coefficient (Wildman–Crippen LogP) is 5.97. The van der Waals surface area contributed by atoms with Crippen molar-refractivity contribution >= 4 is 54.7 Å². The summed E-state index contributed by atoms with van der Waals surface area (Å²) >= 11 is 9.44. The van der Waals surface area contributed by atoms with Crippen LogP contribution < -0.4 is 19.7 Å². The molecule has 196 valence electrons. The Labute approximate surface area is 235 Å². The van der Waals surface area contributed by atoms with Crippen molar-refractivity contribution in [2.24, 2.45) is 0 Å². The highest BCUT2D eigenvalue weighted by Gasteiger charge is 2.43. The highest BCUT2D eigenvalue weighted by atomic mass is 79.9. The van der Waals surface area contributed by atoms with E-state index in [1.54, 1.807) is 18.3 Å². The van der Waals surface area contributed by atoms with Crippen molar-refractivity contribution in [2.45, 2.75) is 19.0 Å². The summed E-state index contributed by atoms with van der Waals surface area (Å²) in [6.45, 7) is 2.03. The summed E-state index contributed by atoms with van der Waals surface area (Å²) in [5, 5.41) is 3.84. The zero-order chi connectivity index (χ0) is 27.0. The Bertz CT molecular complexity index is 1610. The number of nitrogens with zero attached hydrogens (tertiary/aromatic N) is 2. The summed E-state index contributed by atoms with van der Waals surface area (Å²) in [7, 11) is -2.06. The molecule has 2 aromatic carbocycles. The van der Waals surface area contributed by atoms with Gasteiger partial charge in [-0.2, -0.15) is 0 Å². The van der Waals surface area contributed by atoms with E-state index in [1.165, 1.54) is 7.11 Å². The van der Waals surface area contributed by atoms with Crippen LogP contribution in [0.4, 0.5) is 11.4 Å². The van der Waals surface area contributed by atoms with Gasteiger partial charge in [-0.15, -0.1) is 0 Å². The number of pyridine rings is 1. The zero-order valence-corrected chi connectivity index (χ0v) is 24.0. The highest BCUT2D eigenvalue weighted by Crippen LogP contribution is 2.44. The number of halogens is 1. The van der Waals surface area contributed by atoms with Gasteiger partial charge in [0, 0.05) is 21.9 Å². The molecular weight excluding hydrogens is 588 g/mol. The van der Waals surface area contributed by atoms with Crippen LogP contribution in [0.5, 0.6) is 5.75 Å². The van der Waals surface area contributed by atoms with Crippen molar-refractivity contribution in [1.29, 1.82) is 0 Å². The molecule has 38 heavy (non-hydrogen) atoms. The lowest BCUT2D eigenvalue weighted by molar-refractivity contribution is 0.416. The zero-order valence-electron chi connectivity index (χ0n) is 20.8. The van der Waals surface area contributed by atoms with Gasteiger partial charge < -0.3 is 19.4 Å². The number of hydrogen-bond donors (Lipinski definition) is 2. The standard InChI is InChI=1S/C27H25BrN4O4S2/c1-16-7-9-18(19(28)14-16)22-11-12-24(36-22)26-25(20-6-4-5-13-29-20)30-27(37)32(26)17-8-10-23(35-2)21(15-17)31-38(3,33)34/h4-15,25-26,31H,1-3H3,(H,30,37)/t25-,26-/m0/s1. The van der Waals surface area contributed by atoms with Crippen LogP contribution in [0.15, 0.2) is 81.8 Å². The maximum atomic E-state index is 12.0. The predicted molar refractivity (Wildman–Crippen MR) is 156 cm³/mol. The largest absolute Gasteiger partial charge is 0.495 e. The minimum Gasteiger partial charge on any atom is -0.495 e. The van der Waals surface area contributed by atoms with Crippen molar-refractivity contribution in [3.05, 3.63) is 94.4 Å². The molecule has 0 aliphatic carbocycles. The smallest absolute Gasteiger partial charge is 0.229 e. The molecule has 2 atom stereocenters. The van der Waals surface area contributed by atoms with E-state index in [0.29, 0.717) is 33.8 Å². The van der Waals surface area contributed by atoms with E-state index in [-0.39, 0.29) is 6.04 Å². The van der Waals surface area contributed by atoms with Crippen LogP contribution in [0.2, 0.25) is 0 Å². The van der Waals surface area contributed by atoms with Crippen molar-refractivity contribution < 1.29 is 17.6 Å². The number of nitrogens with one attached hydrogen (secondary N) is 2. The van der Waals surface area contributed by atoms with E-state index in [4.69, 9.17) is 21.4 Å². The molecule has 0 amide bonds. The third kappa shape index (κ3) is 5.27. The number of methoxy groups -OCH3 is 1. The van der Waals surface area contributed by atoms with E-state index in [9.17, 15) is 8.42 Å². The van der Waals surface area contributed by atoms with E-state index in [1.807, 2.05) is 66.4 Å². The fourth-order valence-electron chi connectivity index (χ4n) is 4.52. The van der Waals surface area contributed by atoms with Gasteiger partial charge in [-0.1, -0.05) is 28.1 Å². The number of rotatable bonds is 7. The van der Waals surface area contributed by atoms with Gasteiger partial charge in [-0.25, -0.2) is 8.42 Å². The molecule has 4 aromatic rings. The summed E-state index contributed by atoms with van der Waals surface area (Å²) in [4.78, 5) is 6.48. The van der Waals surface area contributed by atoms with E-state index < -0.39 is 16.1 Å². The second kappa shape index (κ2) is 10.4. The molecule has 0 unspecified atom stereocenters. The first-order chi connectivity index (χ1) is 18.1. The lowest BCUT2D eigenvalue weighted by Crippen LogP contribution is -2.29. The molecule has 0 bridgehead atoms. The van der Waals surface area contributed by atoms with Gasteiger partial charge in [0.05, 0.1) is 30.8 Å². The summed E-state index contributed by atoms with van der Waals surface area (Å²) in [5.74, 6) is 1.77. The summed E-state index contributed by atoms with van der Waals surface area (Å²) < 4.78 is 39.4. The second-order valence-corrected chi connectivity index (χ2v) is 11.9. The Morgan fingerprint density at radius 1 is 1.13 bits per heavy atom. The highest BCUT2D eigenvalue weighted by molar-refractivity contribution is 9.10. The van der Waals surface area contributed by atoms with Gasteiger partial charge in [0.25, 0.3) is 0 Å². The molecule has 1 fully saturated rings. The van der Waals surface area contributed by atoms with Crippen molar-refractivity contribution in [1.82, 2.24) is 10.3 Å². The van der Waals surface area contributed by atoms with Crippen LogP contribution in [0.25, 0.3) is 11.3 Å². The van der Waals surface area contributed by atoms with Crippen LogP contribution in [0.3, 0.4) is 0 Å². The van der Waals surface area contributed by atoms with E-state index in [2.05, 4.69) is 31.0 Å². The van der Waals surface area contributed by atoms with Crippen LogP contribution in [0.1, 0.15) is 29.1 Å².